The average Bonchev–Trinajstić information content (AvgIpc) is 3.54. The van der Waals surface area contributed by atoms with Gasteiger partial charge in [0.25, 0.3) is 0 Å². The normalized spacial score (nSPS) is 18.2. The molecule has 0 spiro atoms. The van der Waals surface area contributed by atoms with Crippen molar-refractivity contribution >= 4 is 24.5 Å². The van der Waals surface area contributed by atoms with Crippen molar-refractivity contribution in [1.29, 1.82) is 0 Å². The first-order chi connectivity index (χ1) is 16.0. The van der Waals surface area contributed by atoms with Gasteiger partial charge in [-0.25, -0.2) is 13.6 Å². The first kappa shape index (κ1) is 23.5. The Morgan fingerprint density at radius 2 is 2.09 bits per heavy atom. The molecule has 6 nitrogen and oxygen atoms in total. The third-order valence-corrected chi connectivity index (χ3v) is 6.25. The van der Waals surface area contributed by atoms with E-state index in [4.69, 9.17) is 9.39 Å². The Morgan fingerprint density at radius 3 is 2.79 bits per heavy atom. The summed E-state index contributed by atoms with van der Waals surface area (Å²) in [5, 5.41) is -0.0577. The topological polar surface area (TPSA) is 60.8 Å². The molecular formula is C24H27BF2N2O4. The molecule has 9 heteroatoms. The monoisotopic (exact) mass is 456 g/mol. The lowest BCUT2D eigenvalue weighted by molar-refractivity contribution is 0.0524. The molecule has 1 saturated heterocycles. The summed E-state index contributed by atoms with van der Waals surface area (Å²) in [6.07, 6.45) is 6.52. The summed E-state index contributed by atoms with van der Waals surface area (Å²) in [5.74, 6) is 2.78. The van der Waals surface area contributed by atoms with Crippen molar-refractivity contribution in [2.75, 3.05) is 20.3 Å². The molecule has 1 saturated carbocycles. The molecule has 2 fully saturated rings. The average molecular weight is 456 g/mol. The van der Waals surface area contributed by atoms with Crippen LogP contribution in [0.5, 0.6) is 0 Å². The molecule has 0 amide bonds. The van der Waals surface area contributed by atoms with Gasteiger partial charge in [-0.3, -0.25) is 4.79 Å². The van der Waals surface area contributed by atoms with Crippen LogP contribution in [0.2, 0.25) is 0 Å². The Morgan fingerprint density at radius 1 is 1.30 bits per heavy atom. The van der Waals surface area contributed by atoms with Crippen LogP contribution in [0, 0.1) is 23.5 Å². The Bertz CT molecular complexity index is 1180. The summed E-state index contributed by atoms with van der Waals surface area (Å²) in [7, 11) is 2.23. The van der Waals surface area contributed by atoms with Crippen molar-refractivity contribution in [3.8, 4) is 11.8 Å². The maximum atomic E-state index is 14.9. The highest BCUT2D eigenvalue weighted by Gasteiger charge is 2.30. The van der Waals surface area contributed by atoms with Gasteiger partial charge in [-0.1, -0.05) is 11.8 Å². The van der Waals surface area contributed by atoms with Crippen molar-refractivity contribution in [3.63, 3.8) is 0 Å². The van der Waals surface area contributed by atoms with Gasteiger partial charge >= 0.3 is 13.6 Å². The minimum atomic E-state index is -1.16. The molecule has 1 aromatic heterocycles. The molecule has 4 rings (SSSR count). The second-order valence-corrected chi connectivity index (χ2v) is 8.54. The number of carbonyl (C=O) groups is 1. The zero-order valence-electron chi connectivity index (χ0n) is 19.0. The van der Waals surface area contributed by atoms with Crippen molar-refractivity contribution in [1.82, 2.24) is 9.38 Å². The van der Waals surface area contributed by atoms with Gasteiger partial charge in [0.1, 0.15) is 5.56 Å². The lowest BCUT2D eigenvalue weighted by Crippen LogP contribution is -2.33. The lowest BCUT2D eigenvalue weighted by atomic mass is 10.0. The van der Waals surface area contributed by atoms with Crippen LogP contribution in [0.1, 0.15) is 67.4 Å². The van der Waals surface area contributed by atoms with Crippen LogP contribution < -0.4 is 5.43 Å². The highest BCUT2D eigenvalue weighted by atomic mass is 19.2. The summed E-state index contributed by atoms with van der Waals surface area (Å²) in [6, 6.07) is 1.22. The molecule has 2 aromatic rings. The number of carbonyl (C=O) groups excluding carboxylic acids is 1. The molecule has 1 atom stereocenters. The fourth-order valence-electron chi connectivity index (χ4n) is 4.52. The lowest BCUT2D eigenvalue weighted by Gasteiger charge is -2.21. The predicted molar refractivity (Wildman–Crippen MR) is 122 cm³/mol. The second kappa shape index (κ2) is 10.1. The van der Waals surface area contributed by atoms with E-state index in [1.54, 1.807) is 18.6 Å². The number of benzene rings is 1. The van der Waals surface area contributed by atoms with Crippen molar-refractivity contribution in [2.24, 2.45) is 0 Å². The fraction of sp³-hybridized carbons (Fsp3) is 0.500. The van der Waals surface area contributed by atoms with E-state index in [-0.39, 0.29) is 34.7 Å². The Kier molecular flexibility index (Phi) is 7.15. The van der Waals surface area contributed by atoms with Crippen LogP contribution in [0.15, 0.2) is 17.1 Å². The smallest absolute Gasteiger partial charge is 0.363 e. The van der Waals surface area contributed by atoms with E-state index in [0.717, 1.165) is 44.7 Å². The van der Waals surface area contributed by atoms with Crippen LogP contribution in [0.25, 0.3) is 10.9 Å². The highest BCUT2D eigenvalue weighted by Crippen LogP contribution is 2.38. The third-order valence-electron chi connectivity index (χ3n) is 6.25. The molecule has 1 aliphatic heterocycles. The second-order valence-electron chi connectivity index (χ2n) is 8.54. The molecule has 1 aliphatic carbocycles. The number of esters is 1. The number of halogens is 2. The van der Waals surface area contributed by atoms with Gasteiger partial charge < -0.3 is 18.8 Å². The summed E-state index contributed by atoms with van der Waals surface area (Å²) in [5.41, 5.74) is -0.752. The zero-order chi connectivity index (χ0) is 23.5. The summed E-state index contributed by atoms with van der Waals surface area (Å²) < 4.78 is 41.3. The minimum absolute atomic E-state index is 0.00720. The number of aromatic nitrogens is 1. The van der Waals surface area contributed by atoms with Gasteiger partial charge in [0.2, 0.25) is 5.43 Å². The maximum absolute atomic E-state index is 14.9. The van der Waals surface area contributed by atoms with E-state index in [0.29, 0.717) is 20.1 Å². The SMILES string of the molecule is CCOC(=O)c1cn(C2CC2)c2c(C#CCCC3CCCN3BOC)c(F)c(F)cc2c1=O. The summed E-state index contributed by atoms with van der Waals surface area (Å²) in [4.78, 5) is 27.5. The largest absolute Gasteiger partial charge is 0.462 e. The number of fused-ring (bicyclic) bond motifs is 1. The highest BCUT2D eigenvalue weighted by molar-refractivity contribution is 6.23. The zero-order valence-corrected chi connectivity index (χ0v) is 19.0. The first-order valence-electron chi connectivity index (χ1n) is 11.4. The molecule has 1 unspecified atom stereocenters. The molecule has 0 N–H and O–H groups in total. The van der Waals surface area contributed by atoms with E-state index in [2.05, 4.69) is 16.7 Å². The molecule has 0 bridgehead atoms. The quantitative estimate of drug-likeness (QED) is 0.364. The minimum Gasteiger partial charge on any atom is -0.462 e. The van der Waals surface area contributed by atoms with Gasteiger partial charge in [0.05, 0.1) is 23.1 Å². The summed E-state index contributed by atoms with van der Waals surface area (Å²) >= 11 is 0. The van der Waals surface area contributed by atoms with E-state index in [1.165, 1.54) is 6.20 Å². The number of hydrogen-bond donors (Lipinski definition) is 0. The third kappa shape index (κ3) is 4.82. The van der Waals surface area contributed by atoms with Crippen molar-refractivity contribution in [2.45, 2.75) is 57.5 Å². The number of hydrogen-bond acceptors (Lipinski definition) is 5. The number of nitrogens with zero attached hydrogens (tertiary/aromatic N) is 2. The molecule has 2 heterocycles. The standard InChI is InChI=1S/C24H27BF2N2O4/c1-3-33-24(31)19-14-28(15-10-11-15)22-17(21(27)20(26)13-18(22)23(19)30)9-5-4-7-16-8-6-12-29(16)25-32-2/h13-16,25H,3-4,6-8,10-12H2,1-2H3. The molecule has 1 aromatic carbocycles. The molecule has 33 heavy (non-hydrogen) atoms. The van der Waals surface area contributed by atoms with Crippen LogP contribution in [0.3, 0.4) is 0 Å². The van der Waals surface area contributed by atoms with Gasteiger partial charge in [0, 0.05) is 31.8 Å². The van der Waals surface area contributed by atoms with Crippen LogP contribution in [-0.2, 0) is 9.39 Å². The number of pyridine rings is 1. The molecule has 2 aliphatic rings. The van der Waals surface area contributed by atoms with Gasteiger partial charge in [-0.05, 0) is 51.6 Å². The maximum Gasteiger partial charge on any atom is 0.363 e. The van der Waals surface area contributed by atoms with E-state index >= 15 is 0 Å². The molecule has 0 radical (unpaired) electrons. The van der Waals surface area contributed by atoms with Crippen molar-refractivity contribution < 1.29 is 23.0 Å². The van der Waals surface area contributed by atoms with Crippen LogP contribution in [-0.4, -0.2) is 49.3 Å². The fourth-order valence-corrected chi connectivity index (χ4v) is 4.52. The molecule has 174 valence electrons. The number of rotatable bonds is 7. The van der Waals surface area contributed by atoms with E-state index in [9.17, 15) is 18.4 Å². The Hall–Kier alpha value is -2.70. The van der Waals surface area contributed by atoms with E-state index < -0.39 is 23.0 Å². The Balaban J connectivity index is 1.72. The van der Waals surface area contributed by atoms with Gasteiger partial charge in [-0.15, -0.1) is 0 Å². The number of ether oxygens (including phenoxy) is 1. The van der Waals surface area contributed by atoms with Crippen LogP contribution >= 0.6 is 0 Å². The first-order valence-corrected chi connectivity index (χ1v) is 11.4. The Labute approximate surface area is 192 Å². The van der Waals surface area contributed by atoms with Crippen LogP contribution in [0.4, 0.5) is 8.78 Å². The predicted octanol–water partition coefficient (Wildman–Crippen LogP) is 3.30. The van der Waals surface area contributed by atoms with Gasteiger partial charge in [-0.2, -0.15) is 0 Å². The molecular weight excluding hydrogens is 429 g/mol. The van der Waals surface area contributed by atoms with Crippen molar-refractivity contribution in [3.05, 3.63) is 45.2 Å². The summed E-state index contributed by atoms with van der Waals surface area (Å²) in [6.45, 7) is 2.73. The van der Waals surface area contributed by atoms with E-state index in [1.807, 2.05) is 0 Å². The van der Waals surface area contributed by atoms with Gasteiger partial charge in [0.15, 0.2) is 11.6 Å².